The van der Waals surface area contributed by atoms with Crippen LogP contribution in [0.5, 0.6) is 5.75 Å². The van der Waals surface area contributed by atoms with Gasteiger partial charge in [0.1, 0.15) is 11.6 Å². The molecule has 0 saturated carbocycles. The van der Waals surface area contributed by atoms with Crippen molar-refractivity contribution in [2.75, 3.05) is 5.32 Å². The van der Waals surface area contributed by atoms with Gasteiger partial charge in [-0.3, -0.25) is 14.9 Å². The third-order valence-electron chi connectivity index (χ3n) is 3.72. The highest BCUT2D eigenvalue weighted by Gasteiger charge is 2.14. The molecule has 1 heterocycles. The summed E-state index contributed by atoms with van der Waals surface area (Å²) in [6.45, 7) is -1.22. The molecule has 0 unspecified atom stereocenters. The van der Waals surface area contributed by atoms with E-state index >= 15 is 0 Å². The zero-order chi connectivity index (χ0) is 20.3. The summed E-state index contributed by atoms with van der Waals surface area (Å²) in [5, 5.41) is 17.7. The lowest BCUT2D eigenvalue weighted by Gasteiger charge is -2.09. The van der Waals surface area contributed by atoms with Crippen LogP contribution < -0.4 is 10.1 Å². The van der Waals surface area contributed by atoms with Crippen LogP contribution in [0.15, 0.2) is 54.6 Å². The highest BCUT2D eigenvalue weighted by molar-refractivity contribution is 6.04. The molecule has 3 aromatic rings. The van der Waals surface area contributed by atoms with E-state index < -0.39 is 17.4 Å². The smallest absolute Gasteiger partial charge is 0.387 e. The first kappa shape index (κ1) is 19.0. The Morgan fingerprint density at radius 3 is 2.39 bits per heavy atom. The fraction of sp³-hybridized carbons (Fsp3) is 0.111. The molecule has 28 heavy (non-hydrogen) atoms. The predicted octanol–water partition coefficient (Wildman–Crippen LogP) is 3.94. The Balaban J connectivity index is 1.81. The maximum Gasteiger partial charge on any atom is 0.387 e. The molecule has 0 fully saturated rings. The fourth-order valence-electron chi connectivity index (χ4n) is 2.48. The average Bonchev–Trinajstić information content (AvgIpc) is 3.02. The highest BCUT2D eigenvalue weighted by Crippen LogP contribution is 2.21. The lowest BCUT2D eigenvalue weighted by molar-refractivity contribution is -0.384. The van der Waals surface area contributed by atoms with Gasteiger partial charge in [0.05, 0.1) is 16.3 Å². The number of rotatable bonds is 6. The molecule has 2 aromatic carbocycles. The van der Waals surface area contributed by atoms with Gasteiger partial charge in [-0.15, -0.1) is 0 Å². The van der Waals surface area contributed by atoms with Crippen LogP contribution in [0.4, 0.5) is 20.3 Å². The second kappa shape index (κ2) is 7.82. The number of nitrogens with zero attached hydrogens (tertiary/aromatic N) is 3. The largest absolute Gasteiger partial charge is 0.435 e. The molecule has 0 bridgehead atoms. The fourth-order valence-corrected chi connectivity index (χ4v) is 2.48. The number of alkyl halides is 2. The molecule has 0 saturated heterocycles. The van der Waals surface area contributed by atoms with Crippen LogP contribution in [0, 0.1) is 17.0 Å². The maximum atomic E-state index is 12.5. The number of benzene rings is 2. The molecule has 1 N–H and O–H groups in total. The van der Waals surface area contributed by atoms with Gasteiger partial charge >= 0.3 is 6.61 Å². The van der Waals surface area contributed by atoms with Crippen LogP contribution in [0.1, 0.15) is 16.1 Å². The van der Waals surface area contributed by atoms with Gasteiger partial charge in [-0.1, -0.05) is 0 Å². The number of aromatic nitrogens is 2. The number of hydrogen-bond donors (Lipinski definition) is 1. The summed E-state index contributed by atoms with van der Waals surface area (Å²) >= 11 is 0. The van der Waals surface area contributed by atoms with Crippen molar-refractivity contribution in [1.82, 2.24) is 9.78 Å². The molecule has 0 aliphatic rings. The Kier molecular flexibility index (Phi) is 5.30. The molecule has 0 atom stereocenters. The summed E-state index contributed by atoms with van der Waals surface area (Å²) in [5.41, 5.74) is 1.31. The van der Waals surface area contributed by atoms with Crippen LogP contribution in [-0.4, -0.2) is 27.2 Å². The summed E-state index contributed by atoms with van der Waals surface area (Å²) in [5.74, 6) is -0.186. The highest BCUT2D eigenvalue weighted by atomic mass is 19.3. The molecule has 144 valence electrons. The van der Waals surface area contributed by atoms with Crippen molar-refractivity contribution in [2.24, 2.45) is 0 Å². The van der Waals surface area contributed by atoms with Gasteiger partial charge in [-0.05, 0) is 43.3 Å². The van der Waals surface area contributed by atoms with Gasteiger partial charge in [-0.2, -0.15) is 13.9 Å². The number of halogens is 2. The van der Waals surface area contributed by atoms with E-state index in [1.165, 1.54) is 53.2 Å². The van der Waals surface area contributed by atoms with Crippen LogP contribution in [0.25, 0.3) is 5.69 Å². The Labute approximate surface area is 157 Å². The maximum absolute atomic E-state index is 12.5. The number of nitrogens with one attached hydrogen (secondary N) is 1. The molecule has 8 nitrogen and oxygen atoms in total. The Morgan fingerprint density at radius 1 is 1.18 bits per heavy atom. The Bertz CT molecular complexity index is 1000. The Morgan fingerprint density at radius 2 is 1.82 bits per heavy atom. The predicted molar refractivity (Wildman–Crippen MR) is 96.0 cm³/mol. The van der Waals surface area contributed by atoms with Crippen molar-refractivity contribution in [3.8, 4) is 11.4 Å². The van der Waals surface area contributed by atoms with Gasteiger partial charge < -0.3 is 10.1 Å². The SMILES string of the molecule is Cc1cc(NC(=O)c2ccc(OC(F)F)cc2)n(-c2ccc([N+](=O)[O-])cc2)n1. The van der Waals surface area contributed by atoms with Crippen molar-refractivity contribution in [2.45, 2.75) is 13.5 Å². The van der Waals surface area contributed by atoms with Crippen molar-refractivity contribution in [3.63, 3.8) is 0 Å². The number of nitro groups is 1. The molecule has 3 rings (SSSR count). The number of non-ortho nitro benzene ring substituents is 1. The first-order valence-electron chi connectivity index (χ1n) is 8.01. The summed E-state index contributed by atoms with van der Waals surface area (Å²) in [6, 6.07) is 12.6. The summed E-state index contributed by atoms with van der Waals surface area (Å²) < 4.78 is 30.1. The minimum Gasteiger partial charge on any atom is -0.435 e. The first-order valence-corrected chi connectivity index (χ1v) is 8.01. The van der Waals surface area contributed by atoms with E-state index in [0.29, 0.717) is 17.2 Å². The van der Waals surface area contributed by atoms with Gasteiger partial charge in [0.15, 0.2) is 0 Å². The van der Waals surface area contributed by atoms with Gasteiger partial charge in [0.25, 0.3) is 11.6 Å². The molecule has 0 spiro atoms. The topological polar surface area (TPSA) is 99.3 Å². The molecule has 0 radical (unpaired) electrons. The number of nitro benzene ring substituents is 1. The van der Waals surface area contributed by atoms with Crippen LogP contribution in [0.2, 0.25) is 0 Å². The number of aryl methyl sites for hydroxylation is 1. The van der Waals surface area contributed by atoms with E-state index in [2.05, 4.69) is 15.2 Å². The number of carbonyl (C=O) groups is 1. The van der Waals surface area contributed by atoms with E-state index in [9.17, 15) is 23.7 Å². The minimum atomic E-state index is -2.95. The Hall–Kier alpha value is -3.82. The summed E-state index contributed by atoms with van der Waals surface area (Å²) in [6.07, 6.45) is 0. The molecule has 1 amide bonds. The number of hydrogen-bond acceptors (Lipinski definition) is 5. The van der Waals surface area contributed by atoms with E-state index in [1.54, 1.807) is 13.0 Å². The normalized spacial score (nSPS) is 10.7. The van der Waals surface area contributed by atoms with Crippen LogP contribution in [-0.2, 0) is 0 Å². The molecular formula is C18H14F2N4O4. The van der Waals surface area contributed by atoms with E-state index in [4.69, 9.17) is 0 Å². The zero-order valence-electron chi connectivity index (χ0n) is 14.5. The van der Waals surface area contributed by atoms with Crippen LogP contribution in [0.3, 0.4) is 0 Å². The van der Waals surface area contributed by atoms with Crippen molar-refractivity contribution in [1.29, 1.82) is 0 Å². The quantitative estimate of drug-likeness (QED) is 0.509. The molecular weight excluding hydrogens is 374 g/mol. The van der Waals surface area contributed by atoms with Gasteiger partial charge in [-0.25, -0.2) is 4.68 Å². The minimum absolute atomic E-state index is 0.0571. The zero-order valence-corrected chi connectivity index (χ0v) is 14.5. The van der Waals surface area contributed by atoms with E-state index in [-0.39, 0.29) is 17.0 Å². The summed E-state index contributed by atoms with van der Waals surface area (Å²) in [4.78, 5) is 22.7. The van der Waals surface area contributed by atoms with Gasteiger partial charge in [0, 0.05) is 23.8 Å². The van der Waals surface area contributed by atoms with Crippen molar-refractivity contribution in [3.05, 3.63) is 76.0 Å². The second-order valence-corrected chi connectivity index (χ2v) is 5.71. The number of carbonyl (C=O) groups excluding carboxylic acids is 1. The number of anilines is 1. The monoisotopic (exact) mass is 388 g/mol. The van der Waals surface area contributed by atoms with Gasteiger partial charge in [0.2, 0.25) is 0 Å². The van der Waals surface area contributed by atoms with Crippen molar-refractivity contribution < 1.29 is 23.2 Å². The average molecular weight is 388 g/mol. The molecule has 1 aromatic heterocycles. The first-order chi connectivity index (χ1) is 13.3. The van der Waals surface area contributed by atoms with Crippen molar-refractivity contribution >= 4 is 17.4 Å². The second-order valence-electron chi connectivity index (χ2n) is 5.71. The standard InChI is InChI=1S/C18H14F2N4O4/c1-11-10-16(23(22-11)13-4-6-14(7-5-13)24(26)27)21-17(25)12-2-8-15(9-3-12)28-18(19)20/h2-10,18H,1H3,(H,21,25). The molecule has 0 aliphatic heterocycles. The van der Waals surface area contributed by atoms with Crippen LogP contribution >= 0.6 is 0 Å². The van der Waals surface area contributed by atoms with E-state index in [1.807, 2.05) is 0 Å². The third kappa shape index (κ3) is 4.29. The third-order valence-corrected chi connectivity index (χ3v) is 3.72. The molecule has 10 heteroatoms. The van der Waals surface area contributed by atoms with E-state index in [0.717, 1.165) is 0 Å². The summed E-state index contributed by atoms with van der Waals surface area (Å²) in [7, 11) is 0. The number of amides is 1. The lowest BCUT2D eigenvalue weighted by Crippen LogP contribution is -2.15. The number of ether oxygens (including phenoxy) is 1. The molecule has 0 aliphatic carbocycles. The lowest BCUT2D eigenvalue weighted by atomic mass is 10.2.